The highest BCUT2D eigenvalue weighted by Crippen LogP contribution is 2.72. The molecule has 18 aliphatic rings. The Bertz CT molecular complexity index is 3310. The summed E-state index contributed by atoms with van der Waals surface area (Å²) in [5.41, 5.74) is -0.625. The molecule has 109 heavy (non-hydrogen) atoms. The molecule has 0 amide bonds. The number of hydrogen-bond donors (Lipinski definition) is 9. The molecule has 622 valence electrons. The van der Waals surface area contributed by atoms with Gasteiger partial charge >= 0.3 is 21.8 Å². The van der Waals surface area contributed by atoms with Crippen LogP contribution in [0.1, 0.15) is 275 Å². The number of fused-ring (bicyclic) bond motifs is 23. The molecule has 22 nitrogen and oxygen atoms in total. The van der Waals surface area contributed by atoms with Crippen LogP contribution in [-0.2, 0) is 67.8 Å². The fraction of sp³-hybridized carbons (Fsp3) is 0.953. The van der Waals surface area contributed by atoms with Gasteiger partial charge in [0, 0.05) is 67.2 Å². The zero-order chi connectivity index (χ0) is 78.8. The van der Waals surface area contributed by atoms with Crippen LogP contribution in [-0.4, -0.2) is 174 Å². The summed E-state index contributed by atoms with van der Waals surface area (Å²) in [6, 6.07) is 0. The van der Waals surface area contributed by atoms with E-state index < -0.39 is 34.0 Å². The molecule has 0 radical (unpaired) electrons. The van der Waals surface area contributed by atoms with E-state index in [0.29, 0.717) is 189 Å². The first kappa shape index (κ1) is 85.1. The predicted molar refractivity (Wildman–Crippen MR) is 405 cm³/mol. The normalized spacial score (nSPS) is 52.5. The average molecular weight is 1580 g/mol. The van der Waals surface area contributed by atoms with Crippen LogP contribution < -0.4 is 0 Å². The Morgan fingerprint density at radius 1 is 0.431 bits per heavy atom. The molecule has 0 aromatic heterocycles. The second-order valence-electron chi connectivity index (χ2n) is 40.4. The first-order valence-electron chi connectivity index (χ1n) is 43.2. The summed E-state index contributed by atoms with van der Waals surface area (Å²) in [5.74, 6) is 8.85. The van der Waals surface area contributed by atoms with Crippen LogP contribution in [0.15, 0.2) is 0 Å². The van der Waals surface area contributed by atoms with Gasteiger partial charge in [-0.1, -0.05) is 80.5 Å². The number of ether oxygens (including phenoxy) is 4. The van der Waals surface area contributed by atoms with E-state index in [2.05, 4.69) is 77.2 Å². The average Bonchev–Trinajstić information content (AvgIpc) is 1.58. The first-order valence-corrected chi connectivity index (χ1v) is 45.5. The van der Waals surface area contributed by atoms with Gasteiger partial charge in [-0.15, -0.1) is 3.63 Å². The highest BCUT2D eigenvalue weighted by atomic mass is 32.3. The molecule has 0 bridgehead atoms. The molecule has 2 saturated heterocycles. The summed E-state index contributed by atoms with van der Waals surface area (Å²) >= 11 is -3.01. The largest absolute Gasteiger partial charge is 0.441 e. The zero-order valence-electron chi connectivity index (χ0n) is 67.4. The van der Waals surface area contributed by atoms with Gasteiger partial charge in [0.1, 0.15) is 23.1 Å². The molecule has 18 rings (SSSR count). The van der Waals surface area contributed by atoms with Gasteiger partial charge in [0.05, 0.1) is 73.2 Å². The second-order valence-corrected chi connectivity index (χ2v) is 42.4. The molecule has 16 saturated carbocycles. The summed E-state index contributed by atoms with van der Waals surface area (Å²) in [6.07, 6.45) is 29.4. The molecule has 18 fully saturated rings. The van der Waals surface area contributed by atoms with E-state index in [0.717, 1.165) is 116 Å². The van der Waals surface area contributed by atoms with Crippen molar-refractivity contribution in [3.05, 3.63) is 0 Å². The topological polar surface area (TPSA) is 364 Å². The van der Waals surface area contributed by atoms with E-state index in [1.54, 1.807) is 0 Å². The monoisotopic (exact) mass is 1570 g/mol. The van der Waals surface area contributed by atoms with E-state index in [9.17, 15) is 62.4 Å². The minimum Gasteiger partial charge on any atom is -0.396 e. The predicted octanol–water partition coefficient (Wildman–Crippen LogP) is 11.8. The van der Waals surface area contributed by atoms with Gasteiger partial charge < -0.3 is 54.7 Å². The van der Waals surface area contributed by atoms with Crippen LogP contribution in [0.2, 0.25) is 0 Å². The number of carbonyl (C=O) groups excluding carboxylic acids is 4. The lowest BCUT2D eigenvalue weighted by Gasteiger charge is -2.62. The van der Waals surface area contributed by atoms with Gasteiger partial charge in [0.2, 0.25) is 0 Å². The fourth-order valence-electron chi connectivity index (χ4n) is 30.3. The van der Waals surface area contributed by atoms with Crippen LogP contribution in [0, 0.1) is 138 Å². The van der Waals surface area contributed by atoms with Crippen LogP contribution in [0.3, 0.4) is 0 Å². The number of Topliss-reactive ketones (excluding diaryl/α,β-unsaturated/α-hetero) is 4. The van der Waals surface area contributed by atoms with Crippen LogP contribution >= 0.6 is 0 Å². The van der Waals surface area contributed by atoms with E-state index in [4.69, 9.17) is 33.9 Å². The first-order chi connectivity index (χ1) is 51.4. The van der Waals surface area contributed by atoms with Crippen molar-refractivity contribution in [1.82, 2.24) is 0 Å². The third-order valence-corrected chi connectivity index (χ3v) is 36.6. The van der Waals surface area contributed by atoms with E-state index in [1.165, 1.54) is 44.9 Å². The Hall–Kier alpha value is -1.82. The third kappa shape index (κ3) is 15.0. The van der Waals surface area contributed by atoms with E-state index in [-0.39, 0.29) is 91.8 Å². The van der Waals surface area contributed by atoms with Crippen molar-refractivity contribution in [2.45, 2.75) is 348 Å². The molecule has 16 aliphatic carbocycles. The smallest absolute Gasteiger partial charge is 0.396 e. The maximum atomic E-state index is 12.6. The molecule has 9 N–H and O–H groups in total. The minimum atomic E-state index is -4.71. The van der Waals surface area contributed by atoms with E-state index in [1.807, 2.05) is 6.92 Å². The third-order valence-electron chi connectivity index (χ3n) is 35.3. The Balaban J connectivity index is 0.000000121. The van der Waals surface area contributed by atoms with Crippen molar-refractivity contribution >= 4 is 44.9 Å². The molecule has 0 spiro atoms. The van der Waals surface area contributed by atoms with Gasteiger partial charge in [0.15, 0.2) is 0 Å². The number of aliphatic hydroxyl groups is 7. The van der Waals surface area contributed by atoms with Crippen molar-refractivity contribution in [2.24, 2.45) is 138 Å². The molecule has 2 aliphatic heterocycles. The van der Waals surface area contributed by atoms with Crippen LogP contribution in [0.4, 0.5) is 0 Å². The standard InChI is InChI=1S/2C22H36O4.2C19H28O3.C3H8O.H2O7S2/c1-4-11-26-20-15-6-5-13-14-7-8-18(25)22(14,3)12-17(24)19(13)21(15,2)10-9-16(20)23;1-4-9-26-18-12-21(2)13(10-16(18)23)5-6-14-15-7-8-19(25)22(15,3)11-17(24)20(14)21;1-18-9-15-14(22-15)7-10(18)3-4-11-12-5-6-16(21)19(12,2)8-13(20)17(11)18;1-18-8-7-14-17(22-14)12(18)4-3-10-11-5-6-15(21)19(11,2)9-13(20)16(10)18;1-2-3-4;1-6-9(4,5)7-8(2)3/h13-17,19-20,23-24H,4-12H2,1-3H3;13-18,20,23-24H,4-12H2,1-3H3;10-15,17,20H,3-9H2,1-2H3;10-14,16-17,20H,3-9H2,1-2H3;4H,2-3H2,1H3;1H,(H,2,3)/t13-,14-,15-,16+,17-,19+,20+,21-,22-;13-,14-,15-,16-,17-,18-,20+,21-,22-;10-,11-,12-,13-,14-,15+,17+,18-,19-;10-,11-,12-,13-,14+,16+,17-,18-,19-;;/m0000../s1. The number of ketones is 4. The fourth-order valence-corrected chi connectivity index (χ4v) is 30.9. The SMILES string of the molecule is CCCO.CCCO[C@H]1C[C@@]2(C)[C@@H](CC[C@@H]3[C@@H]2[C@@H](O)C[C@]2(C)C(=O)CC[C@@H]32)C[C@@H]1O.CCCO[C@H]1[C@H](O)CC[C@]2(C)[C@@H]3[C@@H](CC[C@@H]12)[C@@H]1CCC(=O)[C@@]1(C)C[C@@H]3O.C[C@]12CC[C@H]3O[C@H]3[C@@H]1CC[C@@H]1[C@@H]2[C@@H](O)C[C@]2(C)C(=O)CC[C@@H]12.C[C@]12C[C@H]3O[C@H]3C[C@@H]1CC[C@@H]1[C@@H]2[C@@H](O)C[C@]2(C)C(=O)CC[C@@H]12.O=S(O)OS(=O)(=O)OO. The number of hydrogen-bond acceptors (Lipinski definition) is 21. The molecule has 0 aromatic carbocycles. The van der Waals surface area contributed by atoms with E-state index >= 15 is 0 Å². The van der Waals surface area contributed by atoms with Gasteiger partial charge in [-0.05, 0) is 290 Å². The van der Waals surface area contributed by atoms with Gasteiger partial charge in [-0.2, -0.15) is 12.6 Å². The molecule has 24 heteroatoms. The summed E-state index contributed by atoms with van der Waals surface area (Å²) < 4.78 is 66.4. The van der Waals surface area contributed by atoms with Crippen molar-refractivity contribution < 1.29 is 104 Å². The number of epoxide rings is 2. The molecular formula is C85H138O22S2. The summed E-state index contributed by atoms with van der Waals surface area (Å²) in [6.45, 7) is 25.9. The lowest BCUT2D eigenvalue weighted by molar-refractivity contribution is -0.212. The van der Waals surface area contributed by atoms with Crippen LogP contribution in [0.5, 0.6) is 0 Å². The highest BCUT2D eigenvalue weighted by Gasteiger charge is 2.71. The molecule has 37 atom stereocenters. The lowest BCUT2D eigenvalue weighted by Crippen LogP contribution is -2.62. The van der Waals surface area contributed by atoms with Crippen molar-refractivity contribution in [2.75, 3.05) is 19.8 Å². The number of carbonyl (C=O) groups is 4. The maximum absolute atomic E-state index is 12.6. The zero-order valence-corrected chi connectivity index (χ0v) is 69.0. The Kier molecular flexibility index (Phi) is 25.1. The second kappa shape index (κ2) is 32.1. The Morgan fingerprint density at radius 3 is 1.25 bits per heavy atom. The minimum absolute atomic E-state index is 0.00688. The Labute approximate surface area is 652 Å². The Morgan fingerprint density at radius 2 is 0.826 bits per heavy atom. The van der Waals surface area contributed by atoms with Gasteiger partial charge in [-0.25, -0.2) is 5.26 Å². The molecule has 1 unspecified atom stereocenters. The summed E-state index contributed by atoms with van der Waals surface area (Å²) in [5, 5.41) is 81.0. The highest BCUT2D eigenvalue weighted by molar-refractivity contribution is 7.92. The quantitative estimate of drug-likeness (QED) is 0.0424. The van der Waals surface area contributed by atoms with Gasteiger partial charge in [-0.3, -0.25) is 23.7 Å². The van der Waals surface area contributed by atoms with Crippen LogP contribution in [0.25, 0.3) is 0 Å². The van der Waals surface area contributed by atoms with Crippen molar-refractivity contribution in [1.29, 1.82) is 0 Å². The molecule has 0 aromatic rings. The maximum Gasteiger partial charge on any atom is 0.441 e. The summed E-state index contributed by atoms with van der Waals surface area (Å²) in [4.78, 5) is 50.0. The summed E-state index contributed by atoms with van der Waals surface area (Å²) in [7, 11) is -4.71. The van der Waals surface area contributed by atoms with Crippen molar-refractivity contribution in [3.8, 4) is 0 Å². The molecule has 2 heterocycles. The van der Waals surface area contributed by atoms with Crippen molar-refractivity contribution in [3.63, 3.8) is 0 Å². The molecular weight excluding hydrogens is 1440 g/mol. The lowest BCUT2D eigenvalue weighted by atomic mass is 9.44. The number of aliphatic hydroxyl groups excluding tert-OH is 7. The van der Waals surface area contributed by atoms with Gasteiger partial charge in [0.25, 0.3) is 0 Å². The number of rotatable bonds is 10.